The highest BCUT2D eigenvalue weighted by atomic mass is 19.1. The van der Waals surface area contributed by atoms with Crippen molar-refractivity contribution in [1.82, 2.24) is 0 Å². The van der Waals surface area contributed by atoms with Crippen LogP contribution in [-0.4, -0.2) is 6.54 Å². The quantitative estimate of drug-likeness (QED) is 0.329. The fraction of sp³-hybridized carbons (Fsp3) is 0.182. The minimum atomic E-state index is -0.428. The highest BCUT2D eigenvalue weighted by molar-refractivity contribution is 5.57. The molecule has 0 atom stereocenters. The predicted molar refractivity (Wildman–Crippen MR) is 58.8 cm³/mol. The normalized spacial score (nSPS) is 9.75. The number of hydrogen-bond acceptors (Lipinski definition) is 2. The van der Waals surface area contributed by atoms with Gasteiger partial charge in [0.05, 0.1) is 11.6 Å². The highest BCUT2D eigenvalue weighted by Crippen LogP contribution is 2.12. The van der Waals surface area contributed by atoms with Gasteiger partial charge in [0.1, 0.15) is 5.82 Å². The molecular formula is C11H9FN4. The summed E-state index contributed by atoms with van der Waals surface area (Å²) in [5.74, 6) is -0.428. The third-order valence-corrected chi connectivity index (χ3v) is 1.89. The Balaban J connectivity index is 2.73. The topological polar surface area (TPSA) is 72.5 Å². The molecule has 0 aliphatic heterocycles. The largest absolute Gasteiger partial charge is 0.207 e. The van der Waals surface area contributed by atoms with Crippen LogP contribution in [0.5, 0.6) is 0 Å². The van der Waals surface area contributed by atoms with Crippen molar-refractivity contribution in [2.24, 2.45) is 5.11 Å². The van der Waals surface area contributed by atoms with E-state index in [1.807, 2.05) is 6.07 Å². The van der Waals surface area contributed by atoms with Gasteiger partial charge in [0.15, 0.2) is 0 Å². The zero-order valence-electron chi connectivity index (χ0n) is 8.47. The van der Waals surface area contributed by atoms with Crippen molar-refractivity contribution < 1.29 is 4.39 Å². The van der Waals surface area contributed by atoms with E-state index in [-0.39, 0.29) is 0 Å². The van der Waals surface area contributed by atoms with Crippen molar-refractivity contribution in [3.05, 3.63) is 51.7 Å². The molecular weight excluding hydrogens is 207 g/mol. The van der Waals surface area contributed by atoms with Crippen LogP contribution in [0.15, 0.2) is 29.4 Å². The Morgan fingerprint density at radius 1 is 1.56 bits per heavy atom. The van der Waals surface area contributed by atoms with Crippen molar-refractivity contribution in [1.29, 1.82) is 5.26 Å². The number of azide groups is 1. The monoisotopic (exact) mass is 216 g/mol. The summed E-state index contributed by atoms with van der Waals surface area (Å²) in [6, 6.07) is 5.94. The van der Waals surface area contributed by atoms with Crippen LogP contribution in [-0.2, 0) is 0 Å². The molecule has 0 radical (unpaired) electrons. The second-order valence-electron chi connectivity index (χ2n) is 2.99. The van der Waals surface area contributed by atoms with Gasteiger partial charge in [-0.1, -0.05) is 23.3 Å². The molecule has 1 aromatic rings. The van der Waals surface area contributed by atoms with Gasteiger partial charge < -0.3 is 0 Å². The van der Waals surface area contributed by atoms with Gasteiger partial charge in [0, 0.05) is 11.5 Å². The number of nitrogens with zero attached hydrogens (tertiary/aromatic N) is 4. The second-order valence-corrected chi connectivity index (χ2v) is 2.99. The first kappa shape index (κ1) is 11.8. The molecule has 1 rings (SSSR count). The molecule has 0 aliphatic carbocycles. The molecule has 0 saturated carbocycles. The summed E-state index contributed by atoms with van der Waals surface area (Å²) in [6.07, 6.45) is 4.08. The van der Waals surface area contributed by atoms with Crippen molar-refractivity contribution in [2.45, 2.75) is 6.42 Å². The van der Waals surface area contributed by atoms with E-state index in [0.29, 0.717) is 24.1 Å². The molecule has 80 valence electrons. The van der Waals surface area contributed by atoms with Gasteiger partial charge in [-0.2, -0.15) is 5.26 Å². The zero-order chi connectivity index (χ0) is 11.8. The van der Waals surface area contributed by atoms with Crippen molar-refractivity contribution >= 4 is 6.08 Å². The first-order valence-corrected chi connectivity index (χ1v) is 4.65. The van der Waals surface area contributed by atoms with Crippen molar-refractivity contribution in [3.63, 3.8) is 0 Å². The van der Waals surface area contributed by atoms with E-state index < -0.39 is 5.82 Å². The Morgan fingerprint density at radius 3 is 3.06 bits per heavy atom. The molecule has 4 nitrogen and oxygen atoms in total. The molecule has 0 heterocycles. The first-order valence-electron chi connectivity index (χ1n) is 4.65. The van der Waals surface area contributed by atoms with E-state index in [2.05, 4.69) is 10.0 Å². The average Bonchev–Trinajstić information content (AvgIpc) is 2.30. The smallest absolute Gasteiger partial charge is 0.124 e. The highest BCUT2D eigenvalue weighted by Gasteiger charge is 1.99. The van der Waals surface area contributed by atoms with E-state index in [1.54, 1.807) is 12.2 Å². The van der Waals surface area contributed by atoms with Crippen molar-refractivity contribution in [3.8, 4) is 6.07 Å². The Labute approximate surface area is 92.3 Å². The average molecular weight is 216 g/mol. The maximum atomic E-state index is 12.8. The summed E-state index contributed by atoms with van der Waals surface area (Å²) in [5, 5.41) is 12.1. The van der Waals surface area contributed by atoms with E-state index in [9.17, 15) is 4.39 Å². The van der Waals surface area contributed by atoms with Crippen LogP contribution in [0.2, 0.25) is 0 Å². The minimum Gasteiger partial charge on any atom is -0.207 e. The van der Waals surface area contributed by atoms with Gasteiger partial charge in [-0.25, -0.2) is 4.39 Å². The minimum absolute atomic E-state index is 0.292. The molecule has 0 spiro atoms. The standard InChI is InChI=1S/C11H9FN4/c12-11-5-4-9(10(7-11)8-13)3-1-2-6-15-16-14/h1,3-5,7H,2,6H2. The molecule has 5 heteroatoms. The SMILES string of the molecule is N#Cc1cc(F)ccc1C=CCCN=[N+]=[N-]. The molecule has 0 unspecified atom stereocenters. The second kappa shape index (κ2) is 6.23. The molecule has 0 fully saturated rings. The van der Waals surface area contributed by atoms with Gasteiger partial charge in [-0.15, -0.1) is 0 Å². The summed E-state index contributed by atoms with van der Waals surface area (Å²) in [5.41, 5.74) is 8.99. The summed E-state index contributed by atoms with van der Waals surface area (Å²) >= 11 is 0. The molecule has 0 aromatic heterocycles. The van der Waals surface area contributed by atoms with Crippen LogP contribution >= 0.6 is 0 Å². The molecule has 0 N–H and O–H groups in total. The van der Waals surface area contributed by atoms with Crippen LogP contribution in [0.1, 0.15) is 17.5 Å². The van der Waals surface area contributed by atoms with E-state index in [0.717, 1.165) is 0 Å². The maximum Gasteiger partial charge on any atom is 0.124 e. The molecule has 0 bridgehead atoms. The summed E-state index contributed by atoms with van der Waals surface area (Å²) < 4.78 is 12.8. The molecule has 1 aromatic carbocycles. The van der Waals surface area contributed by atoms with Gasteiger partial charge in [-0.05, 0) is 29.6 Å². The van der Waals surface area contributed by atoms with Gasteiger partial charge in [0.2, 0.25) is 0 Å². The van der Waals surface area contributed by atoms with Gasteiger partial charge in [0.25, 0.3) is 0 Å². The Bertz CT molecular complexity index is 481. The first-order chi connectivity index (χ1) is 7.77. The summed E-state index contributed by atoms with van der Waals surface area (Å²) in [6.45, 7) is 0.371. The lowest BCUT2D eigenvalue weighted by atomic mass is 10.1. The van der Waals surface area contributed by atoms with E-state index >= 15 is 0 Å². The maximum absolute atomic E-state index is 12.8. The summed E-state index contributed by atoms with van der Waals surface area (Å²) in [7, 11) is 0. The van der Waals surface area contributed by atoms with Crippen LogP contribution in [0.25, 0.3) is 16.5 Å². The number of benzene rings is 1. The lowest BCUT2D eigenvalue weighted by Crippen LogP contribution is -1.84. The summed E-state index contributed by atoms with van der Waals surface area (Å²) in [4.78, 5) is 2.61. The number of halogens is 1. The number of rotatable bonds is 4. The Hall–Kier alpha value is -2.31. The molecule has 0 aliphatic rings. The van der Waals surface area contributed by atoms with Crippen LogP contribution in [0.4, 0.5) is 4.39 Å². The third-order valence-electron chi connectivity index (χ3n) is 1.89. The Morgan fingerprint density at radius 2 is 2.38 bits per heavy atom. The lowest BCUT2D eigenvalue weighted by molar-refractivity contribution is 0.627. The predicted octanol–water partition coefficient (Wildman–Crippen LogP) is 3.41. The zero-order valence-corrected chi connectivity index (χ0v) is 8.47. The van der Waals surface area contributed by atoms with Crippen LogP contribution in [0, 0.1) is 17.1 Å². The van der Waals surface area contributed by atoms with Crippen molar-refractivity contribution in [2.75, 3.05) is 6.54 Å². The van der Waals surface area contributed by atoms with E-state index in [1.165, 1.54) is 18.2 Å². The Kier molecular flexibility index (Phi) is 4.58. The van der Waals surface area contributed by atoms with Gasteiger partial charge >= 0.3 is 0 Å². The van der Waals surface area contributed by atoms with Crippen LogP contribution in [0.3, 0.4) is 0 Å². The lowest BCUT2D eigenvalue weighted by Gasteiger charge is -1.97. The third kappa shape index (κ3) is 3.45. The molecule has 0 amide bonds. The van der Waals surface area contributed by atoms with E-state index in [4.69, 9.17) is 10.8 Å². The van der Waals surface area contributed by atoms with Crippen LogP contribution < -0.4 is 0 Å². The fourth-order valence-corrected chi connectivity index (χ4v) is 1.16. The van der Waals surface area contributed by atoms with Gasteiger partial charge in [-0.3, -0.25) is 0 Å². The number of nitriles is 1. The fourth-order valence-electron chi connectivity index (χ4n) is 1.16. The molecule has 0 saturated heterocycles. The number of hydrogen-bond donors (Lipinski definition) is 0. The molecule has 16 heavy (non-hydrogen) atoms.